The molecular weight excluding hydrogens is 218 g/mol. The predicted molar refractivity (Wildman–Crippen MR) is 64.8 cm³/mol. The van der Waals surface area contributed by atoms with Gasteiger partial charge in [0.1, 0.15) is 12.4 Å². The Kier molecular flexibility index (Phi) is 3.40. The molecule has 5 heteroatoms. The standard InChI is InChI=1S/C12H13N3O2/c13-10-2-1-3-11(8-10)17-7-6-15-9-14-5-4-12(15)16/h1-5,8-9H,6-7,13H2. The van der Waals surface area contributed by atoms with E-state index in [1.807, 2.05) is 12.1 Å². The summed E-state index contributed by atoms with van der Waals surface area (Å²) in [6, 6.07) is 8.59. The van der Waals surface area contributed by atoms with Crippen molar-refractivity contribution in [2.45, 2.75) is 6.54 Å². The van der Waals surface area contributed by atoms with Crippen LogP contribution in [0.3, 0.4) is 0 Å². The maximum absolute atomic E-state index is 11.4. The molecule has 0 unspecified atom stereocenters. The molecule has 1 heterocycles. The summed E-state index contributed by atoms with van der Waals surface area (Å²) in [5.74, 6) is 0.696. The molecule has 17 heavy (non-hydrogen) atoms. The number of hydrogen-bond donors (Lipinski definition) is 1. The first-order valence-corrected chi connectivity index (χ1v) is 5.24. The van der Waals surface area contributed by atoms with Gasteiger partial charge in [0.05, 0.1) is 12.9 Å². The molecule has 2 aromatic rings. The van der Waals surface area contributed by atoms with Gasteiger partial charge in [0.2, 0.25) is 0 Å². The number of rotatable bonds is 4. The maximum Gasteiger partial charge on any atom is 0.253 e. The second-order valence-corrected chi connectivity index (χ2v) is 3.53. The van der Waals surface area contributed by atoms with Crippen molar-refractivity contribution < 1.29 is 4.74 Å². The first kappa shape index (κ1) is 11.2. The number of benzene rings is 1. The molecule has 0 saturated carbocycles. The van der Waals surface area contributed by atoms with Crippen molar-refractivity contribution in [3.05, 3.63) is 53.2 Å². The fourth-order valence-corrected chi connectivity index (χ4v) is 1.41. The van der Waals surface area contributed by atoms with Crippen molar-refractivity contribution in [1.82, 2.24) is 9.55 Å². The molecule has 2 N–H and O–H groups in total. The zero-order chi connectivity index (χ0) is 12.1. The van der Waals surface area contributed by atoms with Crippen LogP contribution in [-0.4, -0.2) is 16.2 Å². The Hall–Kier alpha value is -2.30. The summed E-state index contributed by atoms with van der Waals surface area (Å²) in [5.41, 5.74) is 6.19. The van der Waals surface area contributed by atoms with Crippen LogP contribution in [0, 0.1) is 0 Å². The van der Waals surface area contributed by atoms with Gasteiger partial charge in [-0.15, -0.1) is 0 Å². The maximum atomic E-state index is 11.4. The lowest BCUT2D eigenvalue weighted by Crippen LogP contribution is -2.22. The lowest BCUT2D eigenvalue weighted by atomic mass is 10.3. The fourth-order valence-electron chi connectivity index (χ4n) is 1.41. The minimum absolute atomic E-state index is 0.0869. The highest BCUT2D eigenvalue weighted by Gasteiger charge is 1.97. The third-order valence-electron chi connectivity index (χ3n) is 2.25. The van der Waals surface area contributed by atoms with Crippen LogP contribution >= 0.6 is 0 Å². The van der Waals surface area contributed by atoms with E-state index in [0.29, 0.717) is 24.6 Å². The Morgan fingerprint density at radius 1 is 1.35 bits per heavy atom. The molecule has 5 nitrogen and oxygen atoms in total. The number of anilines is 1. The molecule has 2 rings (SSSR count). The highest BCUT2D eigenvalue weighted by atomic mass is 16.5. The SMILES string of the molecule is Nc1cccc(OCCn2cnccc2=O)c1. The molecule has 0 radical (unpaired) electrons. The molecule has 0 aliphatic rings. The van der Waals surface area contributed by atoms with Gasteiger partial charge in [-0.2, -0.15) is 0 Å². The van der Waals surface area contributed by atoms with E-state index in [1.54, 1.807) is 12.1 Å². The molecule has 0 bridgehead atoms. The highest BCUT2D eigenvalue weighted by molar-refractivity contribution is 5.43. The zero-order valence-electron chi connectivity index (χ0n) is 9.24. The van der Waals surface area contributed by atoms with E-state index in [1.165, 1.54) is 23.2 Å². The summed E-state index contributed by atoms with van der Waals surface area (Å²) in [5, 5.41) is 0. The molecular formula is C12H13N3O2. The monoisotopic (exact) mass is 231 g/mol. The topological polar surface area (TPSA) is 70.1 Å². The Labute approximate surface area is 98.5 Å². The molecule has 88 valence electrons. The number of nitrogens with zero attached hydrogens (tertiary/aromatic N) is 2. The van der Waals surface area contributed by atoms with Gasteiger partial charge >= 0.3 is 0 Å². The van der Waals surface area contributed by atoms with Gasteiger partial charge in [-0.3, -0.25) is 9.36 Å². The highest BCUT2D eigenvalue weighted by Crippen LogP contribution is 2.14. The lowest BCUT2D eigenvalue weighted by Gasteiger charge is -2.07. The second-order valence-electron chi connectivity index (χ2n) is 3.53. The van der Waals surface area contributed by atoms with Gasteiger partial charge in [0.15, 0.2) is 0 Å². The summed E-state index contributed by atoms with van der Waals surface area (Å²) in [6.07, 6.45) is 2.96. The Morgan fingerprint density at radius 3 is 3.00 bits per heavy atom. The molecule has 1 aromatic heterocycles. The van der Waals surface area contributed by atoms with Gasteiger partial charge in [0, 0.05) is 24.0 Å². The van der Waals surface area contributed by atoms with Crippen LogP contribution in [0.2, 0.25) is 0 Å². The molecule has 1 aromatic carbocycles. The Morgan fingerprint density at radius 2 is 2.24 bits per heavy atom. The van der Waals surface area contributed by atoms with Gasteiger partial charge in [-0.1, -0.05) is 6.07 Å². The number of hydrogen-bond acceptors (Lipinski definition) is 4. The lowest BCUT2D eigenvalue weighted by molar-refractivity contribution is 0.295. The first-order chi connectivity index (χ1) is 8.25. The van der Waals surface area contributed by atoms with Crippen molar-refractivity contribution in [3.8, 4) is 5.75 Å². The molecule has 0 atom stereocenters. The van der Waals surface area contributed by atoms with Crippen molar-refractivity contribution >= 4 is 5.69 Å². The van der Waals surface area contributed by atoms with Crippen LogP contribution in [0.4, 0.5) is 5.69 Å². The van der Waals surface area contributed by atoms with Crippen LogP contribution in [0.25, 0.3) is 0 Å². The average molecular weight is 231 g/mol. The summed E-state index contributed by atoms with van der Waals surface area (Å²) in [4.78, 5) is 15.2. The summed E-state index contributed by atoms with van der Waals surface area (Å²) in [7, 11) is 0. The van der Waals surface area contributed by atoms with Gasteiger partial charge in [-0.25, -0.2) is 4.98 Å². The van der Waals surface area contributed by atoms with E-state index in [0.717, 1.165) is 0 Å². The summed E-state index contributed by atoms with van der Waals surface area (Å²) < 4.78 is 6.97. The molecule has 0 amide bonds. The quantitative estimate of drug-likeness (QED) is 0.794. The minimum atomic E-state index is -0.0869. The third-order valence-corrected chi connectivity index (χ3v) is 2.25. The van der Waals surface area contributed by atoms with Crippen LogP contribution in [0.1, 0.15) is 0 Å². The number of aromatic nitrogens is 2. The average Bonchev–Trinajstić information content (AvgIpc) is 2.32. The van der Waals surface area contributed by atoms with Crippen molar-refractivity contribution in [1.29, 1.82) is 0 Å². The van der Waals surface area contributed by atoms with Crippen molar-refractivity contribution in [2.24, 2.45) is 0 Å². The second kappa shape index (κ2) is 5.16. The molecule has 0 aliphatic heterocycles. The molecule has 0 saturated heterocycles. The molecule has 0 aliphatic carbocycles. The minimum Gasteiger partial charge on any atom is -0.492 e. The van der Waals surface area contributed by atoms with E-state index >= 15 is 0 Å². The number of nitrogens with two attached hydrogens (primary N) is 1. The van der Waals surface area contributed by atoms with Crippen LogP contribution < -0.4 is 16.0 Å². The van der Waals surface area contributed by atoms with E-state index in [4.69, 9.17) is 10.5 Å². The van der Waals surface area contributed by atoms with Crippen molar-refractivity contribution in [2.75, 3.05) is 12.3 Å². The van der Waals surface area contributed by atoms with Gasteiger partial charge in [0.25, 0.3) is 5.56 Å². The fraction of sp³-hybridized carbons (Fsp3) is 0.167. The Bertz CT molecular complexity index is 551. The summed E-state index contributed by atoms with van der Waals surface area (Å²) in [6.45, 7) is 0.858. The van der Waals surface area contributed by atoms with Crippen LogP contribution in [-0.2, 0) is 6.54 Å². The van der Waals surface area contributed by atoms with Gasteiger partial charge < -0.3 is 10.5 Å². The largest absolute Gasteiger partial charge is 0.492 e. The first-order valence-electron chi connectivity index (χ1n) is 5.24. The van der Waals surface area contributed by atoms with Gasteiger partial charge in [-0.05, 0) is 12.1 Å². The molecule has 0 fully saturated rings. The van der Waals surface area contributed by atoms with Crippen LogP contribution in [0.5, 0.6) is 5.75 Å². The van der Waals surface area contributed by atoms with Crippen molar-refractivity contribution in [3.63, 3.8) is 0 Å². The normalized spacial score (nSPS) is 10.1. The Balaban J connectivity index is 1.92. The predicted octanol–water partition coefficient (Wildman–Crippen LogP) is 0.905. The molecule has 0 spiro atoms. The van der Waals surface area contributed by atoms with E-state index in [-0.39, 0.29) is 5.56 Å². The zero-order valence-corrected chi connectivity index (χ0v) is 9.24. The summed E-state index contributed by atoms with van der Waals surface area (Å²) >= 11 is 0. The van der Waals surface area contributed by atoms with E-state index in [9.17, 15) is 4.79 Å². The van der Waals surface area contributed by atoms with E-state index < -0.39 is 0 Å². The van der Waals surface area contributed by atoms with E-state index in [2.05, 4.69) is 4.98 Å². The third kappa shape index (κ3) is 3.07. The number of ether oxygens (including phenoxy) is 1. The number of nitrogen functional groups attached to an aromatic ring is 1. The van der Waals surface area contributed by atoms with Crippen LogP contribution in [0.15, 0.2) is 47.7 Å². The smallest absolute Gasteiger partial charge is 0.253 e.